The van der Waals surface area contributed by atoms with Crippen LogP contribution in [0.25, 0.3) is 12.2 Å². The number of hydrogen-bond donors (Lipinski definition) is 2. The third kappa shape index (κ3) is 4.32. The molecular weight excluding hydrogens is 404 g/mol. The van der Waals surface area contributed by atoms with Crippen LogP contribution in [-0.2, 0) is 4.79 Å². The van der Waals surface area contributed by atoms with Crippen molar-refractivity contribution in [3.63, 3.8) is 0 Å². The molecule has 0 radical (unpaired) electrons. The van der Waals surface area contributed by atoms with Crippen LogP contribution in [0.4, 0.5) is 5.69 Å². The predicted molar refractivity (Wildman–Crippen MR) is 106 cm³/mol. The van der Waals surface area contributed by atoms with Crippen molar-refractivity contribution >= 4 is 47.1 Å². The van der Waals surface area contributed by atoms with Crippen LogP contribution in [0, 0.1) is 6.92 Å². The van der Waals surface area contributed by atoms with Gasteiger partial charge in [0.2, 0.25) is 17.9 Å². The molecule has 0 spiro atoms. The lowest BCUT2D eigenvalue weighted by Crippen LogP contribution is -2.14. The molecule has 0 bridgehead atoms. The van der Waals surface area contributed by atoms with Gasteiger partial charge < -0.3 is 19.2 Å². The average molecular weight is 419 g/mol. The fraction of sp³-hybridized carbons (Fsp3) is 0.167. The van der Waals surface area contributed by atoms with Gasteiger partial charge in [0.25, 0.3) is 0 Å². The molecule has 28 heavy (non-hydrogen) atoms. The molecule has 3 aromatic rings. The Morgan fingerprint density at radius 1 is 1.32 bits per heavy atom. The highest BCUT2D eigenvalue weighted by Crippen LogP contribution is 2.39. The van der Waals surface area contributed by atoms with Crippen LogP contribution in [0.2, 0.25) is 5.02 Å². The Labute approximate surface area is 169 Å². The molecule has 10 heteroatoms. The number of carbonyl (C=O) groups is 1. The van der Waals surface area contributed by atoms with E-state index in [1.165, 1.54) is 11.8 Å². The SMILES string of the molecule is Cc1ccc(/C=C/c2nc(SCC(=O)Nc3cc4c(cc3Cl)OCO4)n[nH]2)o1. The Morgan fingerprint density at radius 3 is 2.93 bits per heavy atom. The molecule has 1 aliphatic heterocycles. The summed E-state index contributed by atoms with van der Waals surface area (Å²) in [6.07, 6.45) is 3.54. The minimum atomic E-state index is -0.237. The van der Waals surface area contributed by atoms with E-state index in [2.05, 4.69) is 20.5 Å². The number of aryl methyl sites for hydroxylation is 1. The lowest BCUT2D eigenvalue weighted by atomic mass is 10.2. The van der Waals surface area contributed by atoms with Crippen LogP contribution < -0.4 is 14.8 Å². The Hall–Kier alpha value is -2.91. The van der Waals surface area contributed by atoms with Gasteiger partial charge in [-0.1, -0.05) is 23.4 Å². The third-order valence-corrected chi connectivity index (χ3v) is 4.88. The molecule has 1 aromatic carbocycles. The summed E-state index contributed by atoms with van der Waals surface area (Å²) in [5, 5.41) is 10.5. The normalized spacial score (nSPS) is 12.6. The highest BCUT2D eigenvalue weighted by atomic mass is 35.5. The maximum Gasteiger partial charge on any atom is 0.234 e. The van der Waals surface area contributed by atoms with Gasteiger partial charge in [-0.05, 0) is 31.2 Å². The smallest absolute Gasteiger partial charge is 0.234 e. The molecule has 0 fully saturated rings. The molecule has 0 saturated heterocycles. The van der Waals surface area contributed by atoms with Crippen molar-refractivity contribution in [2.45, 2.75) is 12.1 Å². The first kappa shape index (κ1) is 18.5. The second-order valence-electron chi connectivity index (χ2n) is 5.81. The molecule has 2 N–H and O–H groups in total. The van der Waals surface area contributed by atoms with Gasteiger partial charge in [-0.3, -0.25) is 9.89 Å². The monoisotopic (exact) mass is 418 g/mol. The number of furan rings is 1. The summed E-state index contributed by atoms with van der Waals surface area (Å²) in [5.41, 5.74) is 0.462. The quantitative estimate of drug-likeness (QED) is 0.583. The molecule has 1 amide bonds. The van der Waals surface area contributed by atoms with Gasteiger partial charge in [0.1, 0.15) is 17.3 Å². The minimum absolute atomic E-state index is 0.128. The number of nitrogens with one attached hydrogen (secondary N) is 2. The van der Waals surface area contributed by atoms with E-state index in [1.807, 2.05) is 19.1 Å². The van der Waals surface area contributed by atoms with Crippen molar-refractivity contribution in [2.24, 2.45) is 0 Å². The topological polar surface area (TPSA) is 102 Å². The van der Waals surface area contributed by atoms with E-state index in [9.17, 15) is 4.79 Å². The van der Waals surface area contributed by atoms with Crippen molar-refractivity contribution in [3.05, 3.63) is 46.6 Å². The number of hydrogen-bond acceptors (Lipinski definition) is 7. The van der Waals surface area contributed by atoms with Gasteiger partial charge in [-0.15, -0.1) is 5.10 Å². The van der Waals surface area contributed by atoms with Gasteiger partial charge in [0.05, 0.1) is 16.5 Å². The highest BCUT2D eigenvalue weighted by Gasteiger charge is 2.18. The number of thioether (sulfide) groups is 1. The molecule has 0 aliphatic carbocycles. The number of benzene rings is 1. The van der Waals surface area contributed by atoms with Crippen LogP contribution in [0.1, 0.15) is 17.3 Å². The summed E-state index contributed by atoms with van der Waals surface area (Å²) in [6, 6.07) is 7.00. The highest BCUT2D eigenvalue weighted by molar-refractivity contribution is 7.99. The van der Waals surface area contributed by atoms with Gasteiger partial charge >= 0.3 is 0 Å². The van der Waals surface area contributed by atoms with E-state index in [-0.39, 0.29) is 18.5 Å². The Bertz CT molecular complexity index is 1050. The first-order valence-electron chi connectivity index (χ1n) is 8.25. The van der Waals surface area contributed by atoms with E-state index in [0.717, 1.165) is 11.5 Å². The summed E-state index contributed by atoms with van der Waals surface area (Å²) < 4.78 is 16.0. The second kappa shape index (κ2) is 7.99. The molecule has 3 heterocycles. The maximum absolute atomic E-state index is 12.2. The number of nitrogens with zero attached hydrogens (tertiary/aromatic N) is 2. The van der Waals surface area contributed by atoms with Crippen LogP contribution in [0.15, 0.2) is 33.8 Å². The van der Waals surface area contributed by atoms with E-state index in [0.29, 0.717) is 33.2 Å². The fourth-order valence-electron chi connectivity index (χ4n) is 2.43. The number of aromatic nitrogens is 3. The van der Waals surface area contributed by atoms with E-state index in [4.69, 9.17) is 25.5 Å². The zero-order chi connectivity index (χ0) is 19.5. The van der Waals surface area contributed by atoms with E-state index in [1.54, 1.807) is 24.3 Å². The first-order chi connectivity index (χ1) is 13.6. The number of carbonyl (C=O) groups excluding carboxylic acids is 1. The van der Waals surface area contributed by atoms with E-state index < -0.39 is 0 Å². The van der Waals surface area contributed by atoms with Gasteiger partial charge in [-0.25, -0.2) is 4.98 Å². The summed E-state index contributed by atoms with van der Waals surface area (Å²) >= 11 is 7.36. The van der Waals surface area contributed by atoms with Crippen molar-refractivity contribution in [1.82, 2.24) is 15.2 Å². The number of amides is 1. The number of anilines is 1. The van der Waals surface area contributed by atoms with Crippen molar-refractivity contribution < 1.29 is 18.7 Å². The maximum atomic E-state index is 12.2. The Morgan fingerprint density at radius 2 is 2.14 bits per heavy atom. The van der Waals surface area contributed by atoms with Crippen LogP contribution in [-0.4, -0.2) is 33.6 Å². The Balaban J connectivity index is 1.32. The largest absolute Gasteiger partial charge is 0.462 e. The third-order valence-electron chi connectivity index (χ3n) is 3.72. The zero-order valence-electron chi connectivity index (χ0n) is 14.7. The van der Waals surface area contributed by atoms with Gasteiger partial charge in [0.15, 0.2) is 11.5 Å². The van der Waals surface area contributed by atoms with Crippen molar-refractivity contribution in [3.8, 4) is 11.5 Å². The molecule has 4 rings (SSSR count). The van der Waals surface area contributed by atoms with Crippen LogP contribution in [0.3, 0.4) is 0 Å². The van der Waals surface area contributed by atoms with E-state index >= 15 is 0 Å². The molecule has 0 atom stereocenters. The average Bonchev–Trinajstić information content (AvgIpc) is 3.39. The number of ether oxygens (including phenoxy) is 2. The van der Waals surface area contributed by atoms with Crippen molar-refractivity contribution in [2.75, 3.05) is 17.9 Å². The second-order valence-corrected chi connectivity index (χ2v) is 7.16. The Kier molecular flexibility index (Phi) is 5.27. The molecule has 2 aromatic heterocycles. The minimum Gasteiger partial charge on any atom is -0.462 e. The summed E-state index contributed by atoms with van der Waals surface area (Å²) in [4.78, 5) is 16.5. The number of H-pyrrole nitrogens is 1. The zero-order valence-corrected chi connectivity index (χ0v) is 16.3. The molecule has 0 unspecified atom stereocenters. The number of halogens is 1. The molecule has 1 aliphatic rings. The molecule has 0 saturated carbocycles. The standard InChI is InChI=1S/C18H15ClN4O4S/c1-10-2-3-11(27-10)4-5-16-21-18(23-22-16)28-8-17(24)20-13-7-15-14(6-12(13)19)25-9-26-15/h2-7H,8-9H2,1H3,(H,20,24)(H,21,22,23)/b5-4+. The fourth-order valence-corrected chi connectivity index (χ4v) is 3.24. The van der Waals surface area contributed by atoms with Gasteiger partial charge in [0, 0.05) is 12.1 Å². The first-order valence-corrected chi connectivity index (χ1v) is 9.62. The molecular formula is C18H15ClN4O4S. The number of aromatic amines is 1. The van der Waals surface area contributed by atoms with Crippen LogP contribution in [0.5, 0.6) is 11.5 Å². The summed E-state index contributed by atoms with van der Waals surface area (Å²) in [7, 11) is 0. The molecule has 8 nitrogen and oxygen atoms in total. The number of fused-ring (bicyclic) bond motifs is 1. The molecule has 144 valence electrons. The van der Waals surface area contributed by atoms with Crippen LogP contribution >= 0.6 is 23.4 Å². The summed E-state index contributed by atoms with van der Waals surface area (Å²) in [5.74, 6) is 3.12. The predicted octanol–water partition coefficient (Wildman–Crippen LogP) is 3.99. The summed E-state index contributed by atoms with van der Waals surface area (Å²) in [6.45, 7) is 2.02. The van der Waals surface area contributed by atoms with Gasteiger partial charge in [-0.2, -0.15) is 0 Å². The van der Waals surface area contributed by atoms with Crippen molar-refractivity contribution in [1.29, 1.82) is 0 Å². The lowest BCUT2D eigenvalue weighted by molar-refractivity contribution is -0.113. The number of rotatable bonds is 6. The lowest BCUT2D eigenvalue weighted by Gasteiger charge is -2.07.